The molecule has 4 aliphatic rings. The van der Waals surface area contributed by atoms with Gasteiger partial charge in [0, 0.05) is 25.4 Å². The minimum Gasteiger partial charge on any atom is -0.382 e. The summed E-state index contributed by atoms with van der Waals surface area (Å²) < 4.78 is 5.38. The van der Waals surface area contributed by atoms with Crippen LogP contribution in [-0.2, 0) is 14.3 Å². The predicted molar refractivity (Wildman–Crippen MR) is 140 cm³/mol. The van der Waals surface area contributed by atoms with Crippen LogP contribution in [0.5, 0.6) is 0 Å². The zero-order valence-electron chi connectivity index (χ0n) is 23.8. The molecule has 4 rings (SSSR count). The van der Waals surface area contributed by atoms with Crippen molar-refractivity contribution < 1.29 is 19.4 Å². The van der Waals surface area contributed by atoms with Crippen molar-refractivity contribution >= 4 is 11.6 Å². The van der Waals surface area contributed by atoms with Crippen molar-refractivity contribution in [2.45, 2.75) is 118 Å². The van der Waals surface area contributed by atoms with Gasteiger partial charge in [-0.2, -0.15) is 0 Å². The van der Waals surface area contributed by atoms with Crippen molar-refractivity contribution in [2.24, 2.45) is 45.3 Å². The Morgan fingerprint density at radius 1 is 1.14 bits per heavy atom. The number of aliphatic hydroxyl groups excluding tert-OH is 1. The zero-order chi connectivity index (χ0) is 26.2. The summed E-state index contributed by atoms with van der Waals surface area (Å²) in [5.74, 6) is 2.03. The third-order valence-electron chi connectivity index (χ3n) is 12.3. The summed E-state index contributed by atoms with van der Waals surface area (Å²) in [6, 6.07) is 0. The molecular weight excluding hydrogens is 436 g/mol. The molecule has 0 bridgehead atoms. The van der Waals surface area contributed by atoms with E-state index in [0.717, 1.165) is 25.7 Å². The number of hydrogen-bond donors (Lipinski definition) is 1. The maximum absolute atomic E-state index is 13.0. The molecule has 198 valence electrons. The van der Waals surface area contributed by atoms with Gasteiger partial charge in [-0.3, -0.25) is 9.59 Å². The van der Waals surface area contributed by atoms with E-state index in [1.807, 2.05) is 0 Å². The number of carbonyl (C=O) groups excluding carboxylic acids is 2. The Labute approximate surface area is 213 Å². The fourth-order valence-electron chi connectivity index (χ4n) is 9.54. The van der Waals surface area contributed by atoms with Crippen LogP contribution in [0.3, 0.4) is 0 Å². The van der Waals surface area contributed by atoms with Gasteiger partial charge in [-0.05, 0) is 92.3 Å². The van der Waals surface area contributed by atoms with Crippen LogP contribution in [0.1, 0.15) is 107 Å². The predicted octanol–water partition coefficient (Wildman–Crippen LogP) is 6.54. The SMILES string of the molecule is COC(C)(C)C(O)C(=O)CC(C)C1CCC2(C)C3=CCC4C(C)(C)C(=O)CCC4(C)C3CCC12C. The molecule has 0 spiro atoms. The van der Waals surface area contributed by atoms with Gasteiger partial charge in [0.25, 0.3) is 0 Å². The number of aliphatic hydroxyl groups is 1. The molecule has 4 aliphatic carbocycles. The molecule has 0 aromatic heterocycles. The highest BCUT2D eigenvalue weighted by Gasteiger charge is 2.65. The highest BCUT2D eigenvalue weighted by atomic mass is 16.5. The lowest BCUT2D eigenvalue weighted by Crippen LogP contribution is -2.57. The van der Waals surface area contributed by atoms with Crippen LogP contribution >= 0.6 is 0 Å². The number of Topliss-reactive ketones (excluding diaryl/α,β-unsaturated/α-hetero) is 2. The van der Waals surface area contributed by atoms with Crippen molar-refractivity contribution in [2.75, 3.05) is 7.11 Å². The fourth-order valence-corrected chi connectivity index (χ4v) is 9.54. The topological polar surface area (TPSA) is 63.6 Å². The standard InChI is InChI=1S/C31H50O4/c1-19(18-23(32)26(34)28(4,5)35-9)20-12-16-31(8)22-10-11-24-27(2,3)25(33)14-15-29(24,6)21(22)13-17-30(20,31)7/h10,19-21,24,26,34H,11-18H2,1-9H3. The van der Waals surface area contributed by atoms with E-state index in [9.17, 15) is 14.7 Å². The van der Waals surface area contributed by atoms with Gasteiger partial charge in [0.1, 0.15) is 11.9 Å². The molecule has 3 saturated carbocycles. The molecule has 0 aliphatic heterocycles. The van der Waals surface area contributed by atoms with Crippen molar-refractivity contribution in [1.29, 1.82) is 0 Å². The largest absolute Gasteiger partial charge is 0.382 e. The van der Waals surface area contributed by atoms with Gasteiger partial charge in [-0.1, -0.05) is 53.2 Å². The third kappa shape index (κ3) is 3.75. The van der Waals surface area contributed by atoms with Crippen molar-refractivity contribution in [3.05, 3.63) is 11.6 Å². The van der Waals surface area contributed by atoms with Crippen LogP contribution in [0.15, 0.2) is 11.6 Å². The lowest BCUT2D eigenvalue weighted by atomic mass is 9.41. The monoisotopic (exact) mass is 486 g/mol. The van der Waals surface area contributed by atoms with Crippen LogP contribution in [0.4, 0.5) is 0 Å². The summed E-state index contributed by atoms with van der Waals surface area (Å²) in [5.41, 5.74) is 1.05. The first-order valence-corrected chi connectivity index (χ1v) is 14.1. The van der Waals surface area contributed by atoms with Crippen LogP contribution in [-0.4, -0.2) is 35.5 Å². The summed E-state index contributed by atoms with van der Waals surface area (Å²) in [4.78, 5) is 25.8. The minimum absolute atomic E-state index is 0.100. The lowest BCUT2D eigenvalue weighted by Gasteiger charge is -2.63. The molecule has 8 unspecified atom stereocenters. The van der Waals surface area contributed by atoms with Gasteiger partial charge in [0.05, 0.1) is 5.60 Å². The first-order chi connectivity index (χ1) is 16.1. The third-order valence-corrected chi connectivity index (χ3v) is 12.3. The van der Waals surface area contributed by atoms with Crippen LogP contribution in [0.25, 0.3) is 0 Å². The molecule has 8 atom stereocenters. The second-order valence-corrected chi connectivity index (χ2v) is 14.4. The number of carbonyl (C=O) groups is 2. The van der Waals surface area contributed by atoms with Gasteiger partial charge in [0.2, 0.25) is 0 Å². The zero-order valence-corrected chi connectivity index (χ0v) is 23.8. The second kappa shape index (κ2) is 8.51. The second-order valence-electron chi connectivity index (χ2n) is 14.4. The maximum atomic E-state index is 13.0. The Bertz CT molecular complexity index is 915. The summed E-state index contributed by atoms with van der Waals surface area (Å²) in [5, 5.41) is 10.6. The molecule has 0 aromatic carbocycles. The van der Waals surface area contributed by atoms with E-state index in [1.54, 1.807) is 26.5 Å². The summed E-state index contributed by atoms with van der Waals surface area (Å²) in [6.45, 7) is 17.6. The molecule has 0 aromatic rings. The molecule has 3 fully saturated rings. The van der Waals surface area contributed by atoms with E-state index in [4.69, 9.17) is 4.74 Å². The number of allylic oxidation sites excluding steroid dienone is 2. The number of ketones is 2. The molecule has 4 nitrogen and oxygen atoms in total. The first kappa shape index (κ1) is 27.0. The molecule has 4 heteroatoms. The molecule has 0 radical (unpaired) electrons. The number of fused-ring (bicyclic) bond motifs is 5. The average Bonchev–Trinajstić information content (AvgIpc) is 3.07. The molecule has 35 heavy (non-hydrogen) atoms. The average molecular weight is 487 g/mol. The quantitative estimate of drug-likeness (QED) is 0.433. The highest BCUT2D eigenvalue weighted by molar-refractivity contribution is 5.85. The Balaban J connectivity index is 1.59. The molecular formula is C31H50O4. The minimum atomic E-state index is -1.10. The van der Waals surface area contributed by atoms with Crippen molar-refractivity contribution in [1.82, 2.24) is 0 Å². The maximum Gasteiger partial charge on any atom is 0.164 e. The Kier molecular flexibility index (Phi) is 6.58. The lowest BCUT2D eigenvalue weighted by molar-refractivity contribution is -0.147. The van der Waals surface area contributed by atoms with Gasteiger partial charge in [0.15, 0.2) is 5.78 Å². The summed E-state index contributed by atoms with van der Waals surface area (Å²) >= 11 is 0. The number of ether oxygens (including phenoxy) is 1. The molecule has 0 saturated heterocycles. The molecule has 0 amide bonds. The highest BCUT2D eigenvalue weighted by Crippen LogP contribution is 2.73. The Morgan fingerprint density at radius 2 is 1.80 bits per heavy atom. The Hall–Kier alpha value is -1.00. The first-order valence-electron chi connectivity index (χ1n) is 14.1. The van der Waals surface area contributed by atoms with Crippen molar-refractivity contribution in [3.63, 3.8) is 0 Å². The number of rotatable bonds is 6. The number of hydrogen-bond acceptors (Lipinski definition) is 4. The summed E-state index contributed by atoms with van der Waals surface area (Å²) in [6.07, 6.45) is 9.30. The Morgan fingerprint density at radius 3 is 2.43 bits per heavy atom. The van der Waals surface area contributed by atoms with Gasteiger partial charge in [-0.25, -0.2) is 0 Å². The normalized spacial score (nSPS) is 42.4. The van der Waals surface area contributed by atoms with Crippen LogP contribution in [0.2, 0.25) is 0 Å². The van der Waals surface area contributed by atoms with E-state index < -0.39 is 11.7 Å². The van der Waals surface area contributed by atoms with E-state index in [2.05, 4.69) is 47.6 Å². The summed E-state index contributed by atoms with van der Waals surface area (Å²) in [7, 11) is 1.55. The van der Waals surface area contributed by atoms with E-state index in [0.29, 0.717) is 30.0 Å². The van der Waals surface area contributed by atoms with Gasteiger partial charge >= 0.3 is 0 Å². The van der Waals surface area contributed by atoms with E-state index in [-0.39, 0.29) is 33.4 Å². The van der Waals surface area contributed by atoms with Crippen LogP contribution in [0, 0.1) is 45.3 Å². The van der Waals surface area contributed by atoms with Gasteiger partial charge in [-0.15, -0.1) is 0 Å². The molecule has 0 heterocycles. The van der Waals surface area contributed by atoms with Crippen LogP contribution < -0.4 is 0 Å². The van der Waals surface area contributed by atoms with E-state index >= 15 is 0 Å². The number of methoxy groups -OCH3 is 1. The smallest absolute Gasteiger partial charge is 0.164 e. The fraction of sp³-hybridized carbons (Fsp3) is 0.871. The van der Waals surface area contributed by atoms with Crippen molar-refractivity contribution in [3.8, 4) is 0 Å². The van der Waals surface area contributed by atoms with E-state index in [1.165, 1.54) is 19.3 Å². The molecule has 1 N–H and O–H groups in total. The van der Waals surface area contributed by atoms with Gasteiger partial charge < -0.3 is 9.84 Å².